The molecule has 12 heavy (non-hydrogen) atoms. The van der Waals surface area contributed by atoms with Gasteiger partial charge in [-0.2, -0.15) is 0 Å². The molecule has 2 nitrogen and oxygen atoms in total. The van der Waals surface area contributed by atoms with Crippen LogP contribution in [-0.2, 0) is 6.42 Å². The van der Waals surface area contributed by atoms with Crippen LogP contribution < -0.4 is 5.32 Å². The molecule has 1 heterocycles. The molecule has 0 spiro atoms. The third kappa shape index (κ3) is 2.38. The Labute approximate surface area is 74.0 Å². The highest BCUT2D eigenvalue weighted by molar-refractivity contribution is 5.14. The van der Waals surface area contributed by atoms with E-state index in [1.165, 1.54) is 5.56 Å². The Bertz CT molecular complexity index is 229. The van der Waals surface area contributed by atoms with E-state index >= 15 is 0 Å². The van der Waals surface area contributed by atoms with Crippen molar-refractivity contribution in [3.05, 3.63) is 23.7 Å². The van der Waals surface area contributed by atoms with Crippen LogP contribution in [0.1, 0.15) is 24.7 Å². The zero-order valence-electron chi connectivity index (χ0n) is 8.05. The average molecular weight is 167 g/mol. The zero-order valence-corrected chi connectivity index (χ0v) is 8.05. The number of nitrogens with one attached hydrogen (secondary N) is 1. The molecule has 1 N–H and O–H groups in total. The molecule has 1 atom stereocenters. The number of furan rings is 1. The summed E-state index contributed by atoms with van der Waals surface area (Å²) in [6.07, 6.45) is 3.92. The molecule has 0 bridgehead atoms. The minimum absolute atomic E-state index is 0.564. The van der Waals surface area contributed by atoms with Crippen LogP contribution in [0.15, 0.2) is 16.7 Å². The topological polar surface area (TPSA) is 25.2 Å². The molecule has 0 aliphatic heterocycles. The van der Waals surface area contributed by atoms with Crippen LogP contribution >= 0.6 is 0 Å². The van der Waals surface area contributed by atoms with Crippen LogP contribution in [0.2, 0.25) is 0 Å². The van der Waals surface area contributed by atoms with Gasteiger partial charge in [0.05, 0.1) is 6.26 Å². The average Bonchev–Trinajstić information content (AvgIpc) is 2.47. The van der Waals surface area contributed by atoms with Crippen LogP contribution in [0.25, 0.3) is 0 Å². The van der Waals surface area contributed by atoms with Crippen molar-refractivity contribution < 1.29 is 4.42 Å². The fourth-order valence-corrected chi connectivity index (χ4v) is 1.15. The third-order valence-electron chi connectivity index (χ3n) is 2.27. The van der Waals surface area contributed by atoms with Crippen LogP contribution in [0.3, 0.4) is 0 Å². The minimum atomic E-state index is 0.564. The van der Waals surface area contributed by atoms with Gasteiger partial charge in [0.1, 0.15) is 5.76 Å². The SMILES string of the molecule is CNC(C)CCc1occc1C. The summed E-state index contributed by atoms with van der Waals surface area (Å²) in [5.74, 6) is 1.12. The Kier molecular flexibility index (Phi) is 3.35. The summed E-state index contributed by atoms with van der Waals surface area (Å²) in [6.45, 7) is 4.27. The maximum atomic E-state index is 5.33. The predicted molar refractivity (Wildman–Crippen MR) is 50.3 cm³/mol. The molecule has 68 valence electrons. The van der Waals surface area contributed by atoms with Crippen LogP contribution in [0.4, 0.5) is 0 Å². The standard InChI is InChI=1S/C10H17NO/c1-8-6-7-12-10(8)5-4-9(2)11-3/h6-7,9,11H,4-5H2,1-3H3. The lowest BCUT2D eigenvalue weighted by atomic mass is 10.1. The molecule has 1 aromatic rings. The summed E-state index contributed by atoms with van der Waals surface area (Å²) >= 11 is 0. The van der Waals surface area contributed by atoms with Crippen molar-refractivity contribution >= 4 is 0 Å². The van der Waals surface area contributed by atoms with Crippen molar-refractivity contribution in [2.45, 2.75) is 32.7 Å². The zero-order chi connectivity index (χ0) is 8.97. The van der Waals surface area contributed by atoms with Crippen molar-refractivity contribution in [1.82, 2.24) is 5.32 Å². The summed E-state index contributed by atoms with van der Waals surface area (Å²) < 4.78 is 5.33. The van der Waals surface area contributed by atoms with Gasteiger partial charge >= 0.3 is 0 Å². The Balaban J connectivity index is 2.38. The number of aryl methyl sites for hydroxylation is 2. The largest absolute Gasteiger partial charge is 0.469 e. The summed E-state index contributed by atoms with van der Waals surface area (Å²) in [7, 11) is 1.99. The Morgan fingerprint density at radius 3 is 2.83 bits per heavy atom. The number of hydrogen-bond acceptors (Lipinski definition) is 2. The van der Waals surface area contributed by atoms with Crippen molar-refractivity contribution in [3.8, 4) is 0 Å². The van der Waals surface area contributed by atoms with Gasteiger partial charge in [-0.25, -0.2) is 0 Å². The lowest BCUT2D eigenvalue weighted by Crippen LogP contribution is -2.21. The Morgan fingerprint density at radius 1 is 1.58 bits per heavy atom. The third-order valence-corrected chi connectivity index (χ3v) is 2.27. The second-order valence-electron chi connectivity index (χ2n) is 3.26. The van der Waals surface area contributed by atoms with Gasteiger partial charge in [-0.3, -0.25) is 0 Å². The first-order chi connectivity index (χ1) is 5.74. The summed E-state index contributed by atoms with van der Waals surface area (Å²) in [5, 5.41) is 3.21. The van der Waals surface area contributed by atoms with Crippen LogP contribution in [-0.4, -0.2) is 13.1 Å². The monoisotopic (exact) mass is 167 g/mol. The van der Waals surface area contributed by atoms with Crippen LogP contribution in [0.5, 0.6) is 0 Å². The van der Waals surface area contributed by atoms with Crippen molar-refractivity contribution in [1.29, 1.82) is 0 Å². The summed E-state index contributed by atoms with van der Waals surface area (Å²) in [6, 6.07) is 2.58. The van der Waals surface area contributed by atoms with E-state index in [-0.39, 0.29) is 0 Å². The molecular weight excluding hydrogens is 150 g/mol. The van der Waals surface area contributed by atoms with Gasteiger partial charge in [0.25, 0.3) is 0 Å². The summed E-state index contributed by atoms with van der Waals surface area (Å²) in [4.78, 5) is 0. The van der Waals surface area contributed by atoms with Gasteiger partial charge in [-0.05, 0) is 38.9 Å². The van der Waals surface area contributed by atoms with Gasteiger partial charge in [0, 0.05) is 12.5 Å². The van der Waals surface area contributed by atoms with E-state index in [4.69, 9.17) is 4.42 Å². The lowest BCUT2D eigenvalue weighted by molar-refractivity contribution is 0.472. The van der Waals surface area contributed by atoms with Crippen LogP contribution in [0, 0.1) is 6.92 Å². The summed E-state index contributed by atoms with van der Waals surface area (Å²) in [5.41, 5.74) is 1.26. The molecule has 1 aromatic heterocycles. The Morgan fingerprint density at radius 2 is 2.33 bits per heavy atom. The second kappa shape index (κ2) is 4.31. The van der Waals surface area contributed by atoms with E-state index in [2.05, 4.69) is 19.2 Å². The van der Waals surface area contributed by atoms with Gasteiger partial charge in [-0.15, -0.1) is 0 Å². The lowest BCUT2D eigenvalue weighted by Gasteiger charge is -2.08. The van der Waals surface area contributed by atoms with Gasteiger partial charge in [0.2, 0.25) is 0 Å². The highest BCUT2D eigenvalue weighted by atomic mass is 16.3. The molecule has 0 saturated carbocycles. The van der Waals surface area contributed by atoms with E-state index in [0.29, 0.717) is 6.04 Å². The van der Waals surface area contributed by atoms with Crippen molar-refractivity contribution in [2.75, 3.05) is 7.05 Å². The molecular formula is C10H17NO. The van der Waals surface area contributed by atoms with Crippen molar-refractivity contribution in [2.24, 2.45) is 0 Å². The van der Waals surface area contributed by atoms with Gasteiger partial charge in [-0.1, -0.05) is 0 Å². The molecule has 1 unspecified atom stereocenters. The molecule has 2 heteroatoms. The molecule has 0 radical (unpaired) electrons. The Hall–Kier alpha value is -0.760. The first-order valence-corrected chi connectivity index (χ1v) is 4.44. The highest BCUT2D eigenvalue weighted by Crippen LogP contribution is 2.11. The first-order valence-electron chi connectivity index (χ1n) is 4.44. The molecule has 0 saturated heterocycles. The van der Waals surface area contributed by atoms with Gasteiger partial charge < -0.3 is 9.73 Å². The molecule has 0 aliphatic carbocycles. The van der Waals surface area contributed by atoms with E-state index in [0.717, 1.165) is 18.6 Å². The maximum absolute atomic E-state index is 5.33. The van der Waals surface area contributed by atoms with E-state index < -0.39 is 0 Å². The van der Waals surface area contributed by atoms with Crippen molar-refractivity contribution in [3.63, 3.8) is 0 Å². The minimum Gasteiger partial charge on any atom is -0.469 e. The van der Waals surface area contributed by atoms with E-state index in [1.54, 1.807) is 6.26 Å². The fraction of sp³-hybridized carbons (Fsp3) is 0.600. The first kappa shape index (κ1) is 9.33. The van der Waals surface area contributed by atoms with E-state index in [9.17, 15) is 0 Å². The molecule has 0 fully saturated rings. The number of hydrogen-bond donors (Lipinski definition) is 1. The smallest absolute Gasteiger partial charge is 0.106 e. The highest BCUT2D eigenvalue weighted by Gasteiger charge is 2.04. The normalized spacial score (nSPS) is 13.2. The molecule has 1 rings (SSSR count). The quantitative estimate of drug-likeness (QED) is 0.743. The fourth-order valence-electron chi connectivity index (χ4n) is 1.15. The predicted octanol–water partition coefficient (Wildman–Crippen LogP) is 2.13. The molecule has 0 amide bonds. The number of rotatable bonds is 4. The van der Waals surface area contributed by atoms with E-state index in [1.807, 2.05) is 13.1 Å². The molecule has 0 aliphatic rings. The maximum Gasteiger partial charge on any atom is 0.106 e. The second-order valence-corrected chi connectivity index (χ2v) is 3.26. The molecule has 0 aromatic carbocycles. The van der Waals surface area contributed by atoms with Gasteiger partial charge in [0.15, 0.2) is 0 Å².